The number of halogens is 1. The Morgan fingerprint density at radius 3 is 2.50 bits per heavy atom. The first-order chi connectivity index (χ1) is 16.0. The third-order valence-electron chi connectivity index (χ3n) is 7.34. The van der Waals surface area contributed by atoms with Gasteiger partial charge in [-0.15, -0.1) is 12.4 Å². The first-order valence-electron chi connectivity index (χ1n) is 11.7. The highest BCUT2D eigenvalue weighted by Gasteiger charge is 2.56. The minimum Gasteiger partial charge on any atom is -0.343 e. The Hall–Kier alpha value is -3.18. The van der Waals surface area contributed by atoms with Crippen LogP contribution in [0.2, 0.25) is 0 Å². The van der Waals surface area contributed by atoms with E-state index < -0.39 is 5.41 Å². The van der Waals surface area contributed by atoms with Crippen molar-refractivity contribution in [3.05, 3.63) is 42.2 Å². The molecule has 3 aliphatic rings. The zero-order chi connectivity index (χ0) is 23.0. The van der Waals surface area contributed by atoms with Crippen LogP contribution in [0, 0.1) is 22.7 Å². The number of hydrogen-bond acceptors (Lipinski definition) is 6. The van der Waals surface area contributed by atoms with Gasteiger partial charge in [-0.3, -0.25) is 9.59 Å². The fraction of sp³-hybridized carbons (Fsp3) is 0.480. The van der Waals surface area contributed by atoms with Crippen LogP contribution in [0.5, 0.6) is 0 Å². The SMILES string of the molecule is CC(=O)N1CCC(c2ccc(Nc3cc(N4CC[C@@](C#N)(C5CC5)C4=O)ccn3)nc2)CC1.Cl. The maximum atomic E-state index is 13.1. The molecular weight excluding hydrogens is 452 g/mol. The van der Waals surface area contributed by atoms with Gasteiger partial charge in [0.15, 0.2) is 0 Å². The highest BCUT2D eigenvalue weighted by Crippen LogP contribution is 2.51. The number of amides is 2. The number of aromatic nitrogens is 2. The molecule has 2 amide bonds. The van der Waals surface area contributed by atoms with Crippen LogP contribution in [0.4, 0.5) is 17.3 Å². The molecule has 9 heteroatoms. The monoisotopic (exact) mass is 480 g/mol. The number of carbonyl (C=O) groups is 2. The third kappa shape index (κ3) is 4.45. The zero-order valence-electron chi connectivity index (χ0n) is 19.2. The van der Waals surface area contributed by atoms with Crippen LogP contribution in [-0.2, 0) is 9.59 Å². The molecule has 2 aliphatic heterocycles. The average Bonchev–Trinajstić information content (AvgIpc) is 3.63. The molecular formula is C25H29ClN6O2. The third-order valence-corrected chi connectivity index (χ3v) is 7.34. The summed E-state index contributed by atoms with van der Waals surface area (Å²) in [5.74, 6) is 1.97. The first-order valence-corrected chi connectivity index (χ1v) is 11.7. The number of rotatable bonds is 5. The number of carbonyl (C=O) groups excluding carboxylic acids is 2. The number of likely N-dealkylation sites (tertiary alicyclic amines) is 1. The van der Waals surface area contributed by atoms with E-state index in [4.69, 9.17) is 0 Å². The lowest BCUT2D eigenvalue weighted by atomic mass is 9.83. The van der Waals surface area contributed by atoms with Crippen molar-refractivity contribution >= 4 is 41.5 Å². The lowest BCUT2D eigenvalue weighted by Crippen LogP contribution is -2.36. The quantitative estimate of drug-likeness (QED) is 0.693. The molecule has 2 aromatic heterocycles. The van der Waals surface area contributed by atoms with Crippen molar-refractivity contribution in [2.45, 2.75) is 44.9 Å². The Labute approximate surface area is 205 Å². The van der Waals surface area contributed by atoms with Crippen LogP contribution in [0.1, 0.15) is 50.5 Å². The van der Waals surface area contributed by atoms with Crippen molar-refractivity contribution < 1.29 is 9.59 Å². The van der Waals surface area contributed by atoms with Gasteiger partial charge in [-0.2, -0.15) is 5.26 Å². The molecule has 1 N–H and O–H groups in total. The van der Waals surface area contributed by atoms with Crippen LogP contribution in [0.25, 0.3) is 0 Å². The van der Waals surface area contributed by atoms with Crippen molar-refractivity contribution in [1.82, 2.24) is 14.9 Å². The normalized spacial score (nSPS) is 22.8. The van der Waals surface area contributed by atoms with E-state index in [1.54, 1.807) is 18.0 Å². The van der Waals surface area contributed by atoms with E-state index in [1.807, 2.05) is 29.3 Å². The first kappa shape index (κ1) is 24.0. The molecule has 1 atom stereocenters. The minimum atomic E-state index is -0.852. The fourth-order valence-corrected chi connectivity index (χ4v) is 5.17. The van der Waals surface area contributed by atoms with Crippen LogP contribution in [0.3, 0.4) is 0 Å². The van der Waals surface area contributed by atoms with Crippen LogP contribution in [0.15, 0.2) is 36.7 Å². The molecule has 1 saturated carbocycles. The van der Waals surface area contributed by atoms with E-state index in [0.29, 0.717) is 30.5 Å². The molecule has 1 aliphatic carbocycles. The number of nitriles is 1. The molecule has 0 bridgehead atoms. The van der Waals surface area contributed by atoms with E-state index in [9.17, 15) is 14.9 Å². The lowest BCUT2D eigenvalue weighted by molar-refractivity contribution is -0.129. The molecule has 34 heavy (non-hydrogen) atoms. The predicted molar refractivity (Wildman–Crippen MR) is 131 cm³/mol. The number of nitrogens with one attached hydrogen (secondary N) is 1. The summed E-state index contributed by atoms with van der Waals surface area (Å²) in [7, 11) is 0. The van der Waals surface area contributed by atoms with Gasteiger partial charge in [-0.1, -0.05) is 6.07 Å². The Balaban J connectivity index is 0.00000274. The zero-order valence-corrected chi connectivity index (χ0v) is 20.1. The molecule has 3 fully saturated rings. The Bertz CT molecular complexity index is 1110. The standard InChI is InChI=1S/C25H28N6O2.ClH/c1-17(32)30-11-7-18(8-12-30)19-2-5-22(28-15-19)29-23-14-21(6-10-27-23)31-13-9-25(16-26,24(31)33)20-3-4-20;/h2,5-6,10,14-15,18,20H,3-4,7-9,11-13H2,1H3,(H,27,28,29);1H/t25-;/m1./s1. The number of hydrogen-bond donors (Lipinski definition) is 1. The molecule has 2 saturated heterocycles. The summed E-state index contributed by atoms with van der Waals surface area (Å²) in [6.07, 6.45) is 7.99. The van der Waals surface area contributed by atoms with E-state index >= 15 is 0 Å². The van der Waals surface area contributed by atoms with E-state index in [-0.39, 0.29) is 30.1 Å². The van der Waals surface area contributed by atoms with Crippen molar-refractivity contribution in [2.24, 2.45) is 11.3 Å². The van der Waals surface area contributed by atoms with Gasteiger partial charge >= 0.3 is 0 Å². The minimum absolute atomic E-state index is 0. The summed E-state index contributed by atoms with van der Waals surface area (Å²) in [4.78, 5) is 37.2. The smallest absolute Gasteiger partial charge is 0.247 e. The summed E-state index contributed by atoms with van der Waals surface area (Å²) >= 11 is 0. The van der Waals surface area contributed by atoms with Gasteiger partial charge in [0.25, 0.3) is 0 Å². The van der Waals surface area contributed by atoms with Gasteiger partial charge in [0.05, 0.1) is 6.07 Å². The van der Waals surface area contributed by atoms with Gasteiger partial charge in [-0.05, 0) is 61.6 Å². The number of pyridine rings is 2. The highest BCUT2D eigenvalue weighted by atomic mass is 35.5. The maximum absolute atomic E-state index is 13.1. The number of anilines is 3. The molecule has 4 heterocycles. The van der Waals surface area contributed by atoms with Crippen LogP contribution >= 0.6 is 12.4 Å². The summed E-state index contributed by atoms with van der Waals surface area (Å²) in [6, 6.07) is 10.0. The van der Waals surface area contributed by atoms with Crippen molar-refractivity contribution in [3.63, 3.8) is 0 Å². The van der Waals surface area contributed by atoms with Crippen LogP contribution in [-0.4, -0.2) is 46.3 Å². The van der Waals surface area contributed by atoms with Crippen molar-refractivity contribution in [2.75, 3.05) is 29.9 Å². The molecule has 0 spiro atoms. The second-order valence-corrected chi connectivity index (χ2v) is 9.35. The van der Waals surface area contributed by atoms with Gasteiger partial charge in [0.2, 0.25) is 11.8 Å². The maximum Gasteiger partial charge on any atom is 0.247 e. The summed E-state index contributed by atoms with van der Waals surface area (Å²) < 4.78 is 0. The molecule has 178 valence electrons. The predicted octanol–water partition coefficient (Wildman–Crippen LogP) is 4.02. The Morgan fingerprint density at radius 1 is 1.12 bits per heavy atom. The Kier molecular flexibility index (Phi) is 6.76. The van der Waals surface area contributed by atoms with E-state index in [1.165, 1.54) is 5.56 Å². The summed E-state index contributed by atoms with van der Waals surface area (Å²) in [5.41, 5.74) is 1.08. The lowest BCUT2D eigenvalue weighted by Gasteiger charge is -2.31. The molecule has 0 radical (unpaired) electrons. The second-order valence-electron chi connectivity index (χ2n) is 9.35. The molecule has 5 rings (SSSR count). The largest absolute Gasteiger partial charge is 0.343 e. The van der Waals surface area contributed by atoms with E-state index in [2.05, 4.69) is 27.4 Å². The molecule has 8 nitrogen and oxygen atoms in total. The number of nitrogens with zero attached hydrogens (tertiary/aromatic N) is 5. The average molecular weight is 481 g/mol. The van der Waals surface area contributed by atoms with Crippen molar-refractivity contribution in [3.8, 4) is 6.07 Å². The summed E-state index contributed by atoms with van der Waals surface area (Å²) in [5, 5.41) is 12.9. The second kappa shape index (κ2) is 9.59. The topological polar surface area (TPSA) is 102 Å². The molecule has 2 aromatic rings. The van der Waals surface area contributed by atoms with E-state index in [0.717, 1.165) is 44.5 Å². The fourth-order valence-electron chi connectivity index (χ4n) is 5.17. The molecule has 0 unspecified atom stereocenters. The van der Waals surface area contributed by atoms with Gasteiger partial charge in [0.1, 0.15) is 17.1 Å². The van der Waals surface area contributed by atoms with Crippen LogP contribution < -0.4 is 10.2 Å². The summed E-state index contributed by atoms with van der Waals surface area (Å²) in [6.45, 7) is 3.76. The van der Waals surface area contributed by atoms with Gasteiger partial charge in [0, 0.05) is 50.7 Å². The Morgan fingerprint density at radius 2 is 1.88 bits per heavy atom. The molecule has 0 aromatic carbocycles. The highest BCUT2D eigenvalue weighted by molar-refractivity contribution is 6.02. The van der Waals surface area contributed by atoms with Gasteiger partial charge in [-0.25, -0.2) is 9.97 Å². The van der Waals surface area contributed by atoms with Crippen molar-refractivity contribution in [1.29, 1.82) is 5.26 Å². The number of piperidine rings is 1. The van der Waals surface area contributed by atoms with Gasteiger partial charge < -0.3 is 15.1 Å².